The highest BCUT2D eigenvalue weighted by atomic mass is 19.4. The van der Waals surface area contributed by atoms with Gasteiger partial charge in [0.15, 0.2) is 0 Å². The van der Waals surface area contributed by atoms with Crippen LogP contribution in [0.3, 0.4) is 0 Å². The Morgan fingerprint density at radius 3 is 2.60 bits per heavy atom. The lowest BCUT2D eigenvalue weighted by Gasteiger charge is -2.17. The van der Waals surface area contributed by atoms with Crippen LogP contribution in [0.1, 0.15) is 31.4 Å². The fourth-order valence-electron chi connectivity index (χ4n) is 3.00. The van der Waals surface area contributed by atoms with Crippen molar-refractivity contribution in [1.82, 2.24) is 10.1 Å². The van der Waals surface area contributed by atoms with Gasteiger partial charge in [-0.3, -0.25) is 9.53 Å². The summed E-state index contributed by atoms with van der Waals surface area (Å²) in [6, 6.07) is 5.24. The number of rotatable bonds is 4. The van der Waals surface area contributed by atoms with E-state index < -0.39 is 12.1 Å². The Morgan fingerprint density at radius 2 is 1.92 bits per heavy atom. The molecule has 6 nitrogen and oxygen atoms in total. The normalized spacial score (nSPS) is 16.6. The predicted molar refractivity (Wildman–Crippen MR) is 81.3 cm³/mol. The average molecular weight is 357 g/mol. The number of aromatic nitrogens is 2. The van der Waals surface area contributed by atoms with Gasteiger partial charge in [-0.05, 0) is 43.0 Å². The third-order valence-corrected chi connectivity index (χ3v) is 4.09. The molecule has 1 aromatic heterocycles. The van der Waals surface area contributed by atoms with Gasteiger partial charge in [-0.25, -0.2) is 0 Å². The molecule has 2 aromatic rings. The molecular formula is C16H18F3N3O3. The standard InChI is InChI=1S/C16H18F3N3O3/c17-16(18,19)24-13-7-5-6-12(10-13)15-14(20-25-22(15)23)11-21-8-3-1-2-4-9-21/h5-7,10H,1-4,8-9,11H2. The first-order valence-corrected chi connectivity index (χ1v) is 8.09. The van der Waals surface area contributed by atoms with Crippen LogP contribution >= 0.6 is 0 Å². The number of hydrogen-bond donors (Lipinski definition) is 0. The molecule has 0 unspecified atom stereocenters. The molecule has 0 atom stereocenters. The van der Waals surface area contributed by atoms with Crippen LogP contribution in [-0.4, -0.2) is 29.5 Å². The van der Waals surface area contributed by atoms with Gasteiger partial charge in [0.25, 0.3) is 0 Å². The van der Waals surface area contributed by atoms with E-state index in [9.17, 15) is 18.4 Å². The summed E-state index contributed by atoms with van der Waals surface area (Å²) in [5.74, 6) is -0.396. The van der Waals surface area contributed by atoms with E-state index in [0.29, 0.717) is 12.2 Å². The fourth-order valence-corrected chi connectivity index (χ4v) is 3.00. The van der Waals surface area contributed by atoms with Gasteiger partial charge in [-0.1, -0.05) is 25.0 Å². The lowest BCUT2D eigenvalue weighted by atomic mass is 10.1. The maximum atomic E-state index is 12.4. The molecule has 9 heteroatoms. The minimum absolute atomic E-state index is 0.108. The number of hydrogen-bond acceptors (Lipinski definition) is 5. The molecule has 0 spiro atoms. The number of alkyl halides is 3. The number of ether oxygens (including phenoxy) is 1. The average Bonchev–Trinajstić information content (AvgIpc) is 2.72. The minimum atomic E-state index is -4.80. The van der Waals surface area contributed by atoms with E-state index >= 15 is 0 Å². The van der Waals surface area contributed by atoms with Gasteiger partial charge < -0.3 is 9.94 Å². The van der Waals surface area contributed by atoms with Crippen molar-refractivity contribution in [3.05, 3.63) is 35.2 Å². The highest BCUT2D eigenvalue weighted by molar-refractivity contribution is 5.60. The SMILES string of the molecule is [O-][n+]1onc(CN2CCCCCC2)c1-c1cccc(OC(F)(F)F)c1. The number of halogens is 3. The fraction of sp³-hybridized carbons (Fsp3) is 0.500. The Labute approximate surface area is 142 Å². The third-order valence-electron chi connectivity index (χ3n) is 4.09. The second-order valence-corrected chi connectivity index (χ2v) is 5.99. The summed E-state index contributed by atoms with van der Waals surface area (Å²) < 4.78 is 45.8. The van der Waals surface area contributed by atoms with E-state index in [1.807, 2.05) is 0 Å². The molecule has 1 saturated heterocycles. The molecule has 3 rings (SSSR count). The second kappa shape index (κ2) is 7.30. The van der Waals surface area contributed by atoms with E-state index in [-0.39, 0.29) is 16.2 Å². The summed E-state index contributed by atoms with van der Waals surface area (Å²) >= 11 is 0. The first-order chi connectivity index (χ1) is 11.9. The topological polar surface area (TPSA) is 65.4 Å². The van der Waals surface area contributed by atoms with Crippen LogP contribution in [0.4, 0.5) is 13.2 Å². The zero-order chi connectivity index (χ0) is 17.9. The van der Waals surface area contributed by atoms with Crippen LogP contribution in [0.15, 0.2) is 28.9 Å². The molecule has 25 heavy (non-hydrogen) atoms. The molecule has 0 aliphatic carbocycles. The van der Waals surface area contributed by atoms with Gasteiger partial charge in [0.05, 0.1) is 6.54 Å². The van der Waals surface area contributed by atoms with Crippen molar-refractivity contribution in [2.45, 2.75) is 38.6 Å². The monoisotopic (exact) mass is 357 g/mol. The van der Waals surface area contributed by atoms with Gasteiger partial charge in [0.1, 0.15) is 5.75 Å². The van der Waals surface area contributed by atoms with E-state index in [4.69, 9.17) is 0 Å². The minimum Gasteiger partial charge on any atom is -0.406 e. The Kier molecular flexibility index (Phi) is 5.12. The van der Waals surface area contributed by atoms with E-state index in [1.165, 1.54) is 31.0 Å². The van der Waals surface area contributed by atoms with E-state index in [2.05, 4.69) is 19.4 Å². The largest absolute Gasteiger partial charge is 0.573 e. The lowest BCUT2D eigenvalue weighted by Crippen LogP contribution is -2.28. The maximum Gasteiger partial charge on any atom is 0.573 e. The van der Waals surface area contributed by atoms with Crippen molar-refractivity contribution in [2.24, 2.45) is 0 Å². The zero-order valence-electron chi connectivity index (χ0n) is 13.5. The van der Waals surface area contributed by atoms with Gasteiger partial charge in [0.2, 0.25) is 11.4 Å². The summed E-state index contributed by atoms with van der Waals surface area (Å²) in [6.07, 6.45) is -0.324. The van der Waals surface area contributed by atoms with E-state index in [1.54, 1.807) is 0 Å². The van der Waals surface area contributed by atoms with Crippen molar-refractivity contribution in [3.8, 4) is 17.0 Å². The number of benzene rings is 1. The van der Waals surface area contributed by atoms with Gasteiger partial charge in [-0.15, -0.1) is 13.2 Å². The van der Waals surface area contributed by atoms with Crippen LogP contribution < -0.4 is 9.64 Å². The van der Waals surface area contributed by atoms with Crippen molar-refractivity contribution < 1.29 is 27.4 Å². The molecule has 0 bridgehead atoms. The molecular weight excluding hydrogens is 339 g/mol. The Morgan fingerprint density at radius 1 is 1.20 bits per heavy atom. The zero-order valence-corrected chi connectivity index (χ0v) is 13.5. The van der Waals surface area contributed by atoms with E-state index in [0.717, 1.165) is 32.0 Å². The molecule has 0 amide bonds. The summed E-state index contributed by atoms with van der Waals surface area (Å²) in [5.41, 5.74) is 0.778. The molecule has 2 heterocycles. The van der Waals surface area contributed by atoms with Gasteiger partial charge in [0, 0.05) is 10.7 Å². The first kappa shape index (κ1) is 17.5. The molecule has 136 valence electrons. The second-order valence-electron chi connectivity index (χ2n) is 5.99. The number of nitrogens with zero attached hydrogens (tertiary/aromatic N) is 3. The molecule has 1 fully saturated rings. The molecule has 0 radical (unpaired) electrons. The number of likely N-dealkylation sites (tertiary alicyclic amines) is 1. The molecule has 1 aliphatic rings. The summed E-state index contributed by atoms with van der Waals surface area (Å²) in [5, 5.41) is 15.7. The van der Waals surface area contributed by atoms with Crippen LogP contribution in [-0.2, 0) is 6.54 Å². The third kappa shape index (κ3) is 4.62. The quantitative estimate of drug-likeness (QED) is 0.786. The molecule has 0 N–H and O–H groups in total. The van der Waals surface area contributed by atoms with Crippen molar-refractivity contribution in [1.29, 1.82) is 0 Å². The van der Waals surface area contributed by atoms with Crippen molar-refractivity contribution in [2.75, 3.05) is 13.1 Å². The van der Waals surface area contributed by atoms with Crippen LogP contribution in [0.2, 0.25) is 0 Å². The predicted octanol–water partition coefficient (Wildman–Crippen LogP) is 3.25. The Bertz CT molecular complexity index is 710. The summed E-state index contributed by atoms with van der Waals surface area (Å²) in [7, 11) is 0. The highest BCUT2D eigenvalue weighted by Crippen LogP contribution is 2.28. The Hall–Kier alpha value is -2.29. The van der Waals surface area contributed by atoms with Crippen LogP contribution in [0, 0.1) is 5.21 Å². The molecule has 1 aromatic carbocycles. The van der Waals surface area contributed by atoms with Crippen molar-refractivity contribution >= 4 is 0 Å². The highest BCUT2D eigenvalue weighted by Gasteiger charge is 2.32. The first-order valence-electron chi connectivity index (χ1n) is 8.09. The van der Waals surface area contributed by atoms with Gasteiger partial charge >= 0.3 is 6.36 Å². The van der Waals surface area contributed by atoms with Crippen molar-refractivity contribution in [3.63, 3.8) is 0 Å². The van der Waals surface area contributed by atoms with Gasteiger partial charge in [-0.2, -0.15) is 0 Å². The maximum absolute atomic E-state index is 12.4. The molecule has 0 saturated carbocycles. The Balaban J connectivity index is 1.85. The lowest BCUT2D eigenvalue weighted by molar-refractivity contribution is -0.793. The van der Waals surface area contributed by atoms with Crippen LogP contribution in [0.5, 0.6) is 5.75 Å². The summed E-state index contributed by atoms with van der Waals surface area (Å²) in [6.45, 7) is 2.20. The smallest absolute Gasteiger partial charge is 0.406 e. The molecule has 1 aliphatic heterocycles. The summed E-state index contributed by atoms with van der Waals surface area (Å²) in [4.78, 5) is 2.39. The van der Waals surface area contributed by atoms with Crippen LogP contribution in [0.25, 0.3) is 11.3 Å².